The Balaban J connectivity index is 0.00000256. The Kier molecular flexibility index (Phi) is 5.57. The first kappa shape index (κ1) is 22.4. The fraction of sp³-hybridized carbons (Fsp3) is 0.600. The molecule has 4 N–H and O–H groups in total. The van der Waals surface area contributed by atoms with Crippen LogP contribution in [-0.2, 0) is 0 Å². The molecule has 8 nitrogen and oxygen atoms in total. The number of nitrogen functional groups attached to an aromatic ring is 1. The molecule has 30 heavy (non-hydrogen) atoms. The van der Waals surface area contributed by atoms with E-state index in [4.69, 9.17) is 16.3 Å². The van der Waals surface area contributed by atoms with Gasteiger partial charge < -0.3 is 21.2 Å². The molecule has 2 heterocycles. The summed E-state index contributed by atoms with van der Waals surface area (Å²) in [7, 11) is 1.43. The molecule has 1 aliphatic carbocycles. The highest BCUT2D eigenvalue weighted by molar-refractivity contribution is 5.91. The van der Waals surface area contributed by atoms with Gasteiger partial charge in [-0.3, -0.25) is 9.36 Å². The van der Waals surface area contributed by atoms with Gasteiger partial charge in [-0.15, -0.1) is 12.4 Å². The highest BCUT2D eigenvalue weighted by Crippen LogP contribution is 2.46. The van der Waals surface area contributed by atoms with E-state index < -0.39 is 17.1 Å². The molecule has 4 rings (SSSR count). The largest absolute Gasteiger partial charge is 0.492 e. The van der Waals surface area contributed by atoms with E-state index >= 15 is 4.39 Å². The molecule has 2 unspecified atom stereocenters. The van der Waals surface area contributed by atoms with Crippen LogP contribution in [0.25, 0.3) is 10.9 Å². The highest BCUT2D eigenvalue weighted by Gasteiger charge is 2.43. The molecule has 1 saturated heterocycles. The summed E-state index contributed by atoms with van der Waals surface area (Å²) < 4.78 is 23.0. The van der Waals surface area contributed by atoms with Gasteiger partial charge in [0.15, 0.2) is 11.6 Å². The van der Waals surface area contributed by atoms with E-state index in [-0.39, 0.29) is 52.6 Å². The molecule has 1 aliphatic heterocycles. The summed E-state index contributed by atoms with van der Waals surface area (Å²) in [6, 6.07) is 1.04. The van der Waals surface area contributed by atoms with Crippen LogP contribution in [-0.4, -0.2) is 35.5 Å². The number of ether oxygens (including phenoxy) is 1. The van der Waals surface area contributed by atoms with Crippen molar-refractivity contribution in [3.8, 4) is 5.75 Å². The van der Waals surface area contributed by atoms with Gasteiger partial charge >= 0.3 is 5.69 Å². The van der Waals surface area contributed by atoms with Gasteiger partial charge in [-0.25, -0.2) is 9.18 Å². The Morgan fingerprint density at radius 3 is 2.43 bits per heavy atom. The van der Waals surface area contributed by atoms with Crippen LogP contribution in [0.4, 0.5) is 10.1 Å². The summed E-state index contributed by atoms with van der Waals surface area (Å²) in [6.45, 7) is 7.32. The molecule has 10 heteroatoms. The minimum absolute atomic E-state index is 0. The molecule has 1 saturated carbocycles. The van der Waals surface area contributed by atoms with Crippen molar-refractivity contribution in [3.63, 3.8) is 0 Å². The number of aromatic nitrogens is 2. The van der Waals surface area contributed by atoms with Gasteiger partial charge in [0.2, 0.25) is 0 Å². The van der Waals surface area contributed by atoms with Gasteiger partial charge in [0, 0.05) is 25.2 Å². The third-order valence-corrected chi connectivity index (χ3v) is 6.37. The van der Waals surface area contributed by atoms with Gasteiger partial charge in [0.05, 0.1) is 12.5 Å². The number of benzene rings is 1. The summed E-state index contributed by atoms with van der Waals surface area (Å²) in [5, 5.41) is 0.0410. The molecule has 1 aromatic heterocycles. The van der Waals surface area contributed by atoms with Crippen LogP contribution < -0.4 is 32.5 Å². The van der Waals surface area contributed by atoms with E-state index in [0.29, 0.717) is 23.3 Å². The average Bonchev–Trinajstić information content (AvgIpc) is 3.42. The maximum Gasteiger partial charge on any atom is 0.350 e. The number of rotatable bonds is 4. The van der Waals surface area contributed by atoms with E-state index in [1.54, 1.807) is 0 Å². The number of nitrogens with two attached hydrogens (primary N) is 2. The van der Waals surface area contributed by atoms with Gasteiger partial charge in [0.25, 0.3) is 5.56 Å². The van der Waals surface area contributed by atoms with E-state index in [1.165, 1.54) is 17.7 Å². The highest BCUT2D eigenvalue weighted by atomic mass is 35.5. The fourth-order valence-electron chi connectivity index (χ4n) is 4.80. The summed E-state index contributed by atoms with van der Waals surface area (Å²) >= 11 is 0. The molecule has 2 fully saturated rings. The first-order valence-electron chi connectivity index (χ1n) is 9.91. The quantitative estimate of drug-likeness (QED) is 0.697. The second kappa shape index (κ2) is 7.46. The van der Waals surface area contributed by atoms with Crippen molar-refractivity contribution < 1.29 is 9.13 Å². The first-order chi connectivity index (χ1) is 13.6. The van der Waals surface area contributed by atoms with Crippen LogP contribution in [0, 0.1) is 17.2 Å². The lowest BCUT2D eigenvalue weighted by Gasteiger charge is -2.28. The van der Waals surface area contributed by atoms with E-state index in [9.17, 15) is 9.59 Å². The monoisotopic (exact) mass is 441 g/mol. The lowest BCUT2D eigenvalue weighted by molar-refractivity contribution is 0.256. The normalized spacial score (nSPS) is 21.5. The van der Waals surface area contributed by atoms with Crippen molar-refractivity contribution in [1.29, 1.82) is 0 Å². The molecule has 0 amide bonds. The zero-order valence-electron chi connectivity index (χ0n) is 17.6. The number of methoxy groups -OCH3 is 1. The Bertz CT molecular complexity index is 1110. The van der Waals surface area contributed by atoms with Crippen LogP contribution in [0.15, 0.2) is 15.7 Å². The molecule has 2 aromatic rings. The zero-order valence-corrected chi connectivity index (χ0v) is 18.5. The van der Waals surface area contributed by atoms with Gasteiger partial charge in [0.1, 0.15) is 11.2 Å². The maximum atomic E-state index is 15.3. The van der Waals surface area contributed by atoms with Crippen molar-refractivity contribution >= 4 is 29.0 Å². The van der Waals surface area contributed by atoms with Crippen LogP contribution in [0.1, 0.15) is 39.7 Å². The van der Waals surface area contributed by atoms with Crippen molar-refractivity contribution in [3.05, 3.63) is 32.7 Å². The fourth-order valence-corrected chi connectivity index (χ4v) is 4.80. The number of hydrogen-bond acceptors (Lipinski definition) is 6. The van der Waals surface area contributed by atoms with Crippen LogP contribution >= 0.6 is 12.4 Å². The smallest absolute Gasteiger partial charge is 0.350 e. The third kappa shape index (κ3) is 3.24. The predicted molar refractivity (Wildman–Crippen MR) is 118 cm³/mol. The molecule has 0 bridgehead atoms. The molecule has 1 aromatic carbocycles. The van der Waals surface area contributed by atoms with Crippen LogP contribution in [0.5, 0.6) is 5.75 Å². The number of nitrogens with zero attached hydrogens (tertiary/aromatic N) is 3. The number of halogens is 2. The predicted octanol–water partition coefficient (Wildman–Crippen LogP) is 1.59. The molecule has 0 spiro atoms. The van der Waals surface area contributed by atoms with Crippen molar-refractivity contribution in [1.82, 2.24) is 9.24 Å². The SMILES string of the molecule is COc1c(N2CC(C(C)N)C(C)(C)C2)c(F)cc2c(=O)n(N)c(=O)n(C3CC3)c12.Cl. The number of anilines is 1. The molecule has 2 atom stereocenters. The lowest BCUT2D eigenvalue weighted by atomic mass is 9.78. The molecule has 2 aliphatic rings. The second-order valence-corrected chi connectivity index (χ2v) is 9.03. The lowest BCUT2D eigenvalue weighted by Crippen LogP contribution is -2.44. The van der Waals surface area contributed by atoms with E-state index in [0.717, 1.165) is 12.8 Å². The van der Waals surface area contributed by atoms with Gasteiger partial charge in [-0.05, 0) is 37.2 Å². The minimum atomic E-state index is -0.735. The zero-order chi connectivity index (χ0) is 21.2. The van der Waals surface area contributed by atoms with Crippen molar-refractivity contribution in [2.24, 2.45) is 17.1 Å². The summed E-state index contributed by atoms with van der Waals surface area (Å²) in [4.78, 5) is 27.3. The summed E-state index contributed by atoms with van der Waals surface area (Å²) in [6.07, 6.45) is 1.60. The Morgan fingerprint density at radius 2 is 1.93 bits per heavy atom. The Labute approximate surface area is 180 Å². The van der Waals surface area contributed by atoms with Crippen LogP contribution in [0.2, 0.25) is 0 Å². The minimum Gasteiger partial charge on any atom is -0.492 e. The van der Waals surface area contributed by atoms with Gasteiger partial charge in [-0.2, -0.15) is 4.68 Å². The Hall–Kier alpha value is -2.26. The standard InChI is InChI=1S/C20H28FN5O3.ClH/c1-10(22)13-8-24(9-20(13,2)3)16-14(21)7-12-15(17(16)29-4)25(11-5-6-11)19(28)26(23)18(12)27;/h7,10-11,13H,5-6,8-9,22-23H2,1-4H3;1H. The van der Waals surface area contributed by atoms with Crippen molar-refractivity contribution in [2.75, 3.05) is 30.9 Å². The first-order valence-corrected chi connectivity index (χ1v) is 9.91. The maximum absolute atomic E-state index is 15.3. The topological polar surface area (TPSA) is 109 Å². The molecule has 0 radical (unpaired) electrons. The summed E-state index contributed by atoms with van der Waals surface area (Å²) in [5.41, 5.74) is 5.28. The number of fused-ring (bicyclic) bond motifs is 1. The number of hydrogen-bond donors (Lipinski definition) is 2. The summed E-state index contributed by atoms with van der Waals surface area (Å²) in [5.74, 6) is 5.47. The molecular weight excluding hydrogens is 413 g/mol. The van der Waals surface area contributed by atoms with Gasteiger partial charge in [-0.1, -0.05) is 13.8 Å². The van der Waals surface area contributed by atoms with E-state index in [1.807, 2.05) is 11.8 Å². The third-order valence-electron chi connectivity index (χ3n) is 6.37. The molecular formula is C20H29ClFN5O3. The van der Waals surface area contributed by atoms with Crippen molar-refractivity contribution in [2.45, 2.75) is 45.7 Å². The van der Waals surface area contributed by atoms with E-state index in [2.05, 4.69) is 13.8 Å². The van der Waals surface area contributed by atoms with Crippen LogP contribution in [0.3, 0.4) is 0 Å². The average molecular weight is 442 g/mol. The molecule has 166 valence electrons. The Morgan fingerprint density at radius 1 is 1.30 bits per heavy atom. The second-order valence-electron chi connectivity index (χ2n) is 9.03.